The van der Waals surface area contributed by atoms with E-state index in [1.54, 1.807) is 34.6 Å². The minimum absolute atomic E-state index is 0.0669. The van der Waals surface area contributed by atoms with Crippen LogP contribution in [0, 0.1) is 5.41 Å². The van der Waals surface area contributed by atoms with Gasteiger partial charge < -0.3 is 19.9 Å². The Morgan fingerprint density at radius 1 is 1.05 bits per heavy atom. The van der Waals surface area contributed by atoms with Gasteiger partial charge in [0.2, 0.25) is 0 Å². The Hall–Kier alpha value is -1.30. The SMILES string of the molecule is CC(C)(CNC(=O)OC(C)(C)C)COC(C)(C)CC(=O)O. The lowest BCUT2D eigenvalue weighted by atomic mass is 9.94. The van der Waals surface area contributed by atoms with E-state index in [0.29, 0.717) is 13.2 Å². The predicted octanol–water partition coefficient (Wildman–Crippen LogP) is 2.81. The van der Waals surface area contributed by atoms with Gasteiger partial charge in [-0.25, -0.2) is 4.79 Å². The van der Waals surface area contributed by atoms with E-state index in [1.807, 2.05) is 13.8 Å². The van der Waals surface area contributed by atoms with E-state index in [1.165, 1.54) is 0 Å². The summed E-state index contributed by atoms with van der Waals surface area (Å²) in [5.41, 5.74) is -1.60. The van der Waals surface area contributed by atoms with Gasteiger partial charge in [-0.05, 0) is 34.6 Å². The van der Waals surface area contributed by atoms with Crippen molar-refractivity contribution in [3.63, 3.8) is 0 Å². The van der Waals surface area contributed by atoms with Crippen molar-refractivity contribution in [1.82, 2.24) is 5.32 Å². The number of hydrogen-bond acceptors (Lipinski definition) is 4. The number of rotatable bonds is 7. The lowest BCUT2D eigenvalue weighted by Gasteiger charge is -2.31. The highest BCUT2D eigenvalue weighted by Crippen LogP contribution is 2.21. The first-order valence-corrected chi connectivity index (χ1v) is 7.05. The maximum Gasteiger partial charge on any atom is 0.407 e. The maximum absolute atomic E-state index is 11.6. The molecule has 0 aliphatic heterocycles. The molecule has 0 saturated heterocycles. The number of hydrogen-bond donors (Lipinski definition) is 2. The number of aliphatic carboxylic acids is 1. The highest BCUT2D eigenvalue weighted by Gasteiger charge is 2.28. The molecule has 0 bridgehead atoms. The van der Waals surface area contributed by atoms with Crippen molar-refractivity contribution in [2.24, 2.45) is 5.41 Å². The molecule has 0 aromatic heterocycles. The van der Waals surface area contributed by atoms with E-state index in [2.05, 4.69) is 5.32 Å². The minimum atomic E-state index is -0.898. The standard InChI is InChI=1S/C15H29NO5/c1-13(2,3)21-12(19)16-9-14(4,5)10-20-15(6,7)8-11(17)18/h8-10H2,1-7H3,(H,16,19)(H,17,18). The molecule has 0 rings (SSSR count). The summed E-state index contributed by atoms with van der Waals surface area (Å²) in [4.78, 5) is 22.3. The average Bonchev–Trinajstić information content (AvgIpc) is 2.20. The molecule has 2 N–H and O–H groups in total. The summed E-state index contributed by atoms with van der Waals surface area (Å²) in [6.45, 7) is 13.5. The Labute approximate surface area is 127 Å². The Morgan fingerprint density at radius 3 is 2.00 bits per heavy atom. The smallest absolute Gasteiger partial charge is 0.407 e. The van der Waals surface area contributed by atoms with Gasteiger partial charge in [0.05, 0.1) is 18.6 Å². The first-order chi connectivity index (χ1) is 9.22. The van der Waals surface area contributed by atoms with Crippen LogP contribution in [0.5, 0.6) is 0 Å². The maximum atomic E-state index is 11.6. The Bertz CT molecular complexity index is 369. The fourth-order valence-corrected chi connectivity index (χ4v) is 1.48. The van der Waals surface area contributed by atoms with Crippen LogP contribution in [0.25, 0.3) is 0 Å². The molecule has 0 atom stereocenters. The molecule has 1 amide bonds. The van der Waals surface area contributed by atoms with Crippen molar-refractivity contribution in [2.75, 3.05) is 13.2 Å². The Kier molecular flexibility index (Phi) is 6.67. The summed E-state index contributed by atoms with van der Waals surface area (Å²) in [6, 6.07) is 0. The summed E-state index contributed by atoms with van der Waals surface area (Å²) >= 11 is 0. The summed E-state index contributed by atoms with van der Waals surface area (Å²) in [6.07, 6.45) is -0.539. The largest absolute Gasteiger partial charge is 0.481 e. The van der Waals surface area contributed by atoms with E-state index in [4.69, 9.17) is 14.6 Å². The quantitative estimate of drug-likeness (QED) is 0.755. The lowest BCUT2D eigenvalue weighted by Crippen LogP contribution is -2.41. The van der Waals surface area contributed by atoms with Gasteiger partial charge in [0.25, 0.3) is 0 Å². The van der Waals surface area contributed by atoms with Crippen LogP contribution in [-0.2, 0) is 14.3 Å². The van der Waals surface area contributed by atoms with Gasteiger partial charge in [-0.1, -0.05) is 13.8 Å². The number of amides is 1. The second kappa shape index (κ2) is 7.11. The average molecular weight is 303 g/mol. The van der Waals surface area contributed by atoms with Crippen LogP contribution < -0.4 is 5.32 Å². The Morgan fingerprint density at radius 2 is 1.57 bits per heavy atom. The second-order valence-electron chi connectivity index (χ2n) is 7.64. The number of nitrogens with one attached hydrogen (secondary N) is 1. The fourth-order valence-electron chi connectivity index (χ4n) is 1.48. The van der Waals surface area contributed by atoms with Gasteiger partial charge >= 0.3 is 12.1 Å². The number of ether oxygens (including phenoxy) is 2. The van der Waals surface area contributed by atoms with Crippen molar-refractivity contribution in [1.29, 1.82) is 0 Å². The van der Waals surface area contributed by atoms with Crippen molar-refractivity contribution in [2.45, 2.75) is 66.1 Å². The molecule has 0 fully saturated rings. The van der Waals surface area contributed by atoms with Crippen molar-refractivity contribution in [3.05, 3.63) is 0 Å². The molecule has 0 aliphatic carbocycles. The fraction of sp³-hybridized carbons (Fsp3) is 0.867. The first kappa shape index (κ1) is 19.7. The molecule has 6 heteroatoms. The molecule has 0 aromatic rings. The Balaban J connectivity index is 4.26. The van der Waals surface area contributed by atoms with Crippen LogP contribution in [-0.4, -0.2) is 41.5 Å². The van der Waals surface area contributed by atoms with Gasteiger partial charge in [0.1, 0.15) is 5.60 Å². The minimum Gasteiger partial charge on any atom is -0.481 e. The van der Waals surface area contributed by atoms with Crippen LogP contribution in [0.4, 0.5) is 4.79 Å². The summed E-state index contributed by atoms with van der Waals surface area (Å²) in [5, 5.41) is 11.5. The number of alkyl carbamates (subject to hydrolysis) is 1. The third-order valence-electron chi connectivity index (χ3n) is 2.54. The molecule has 0 aromatic carbocycles. The summed E-state index contributed by atoms with van der Waals surface area (Å²) < 4.78 is 10.8. The lowest BCUT2D eigenvalue weighted by molar-refractivity contribution is -0.145. The molecule has 0 heterocycles. The van der Waals surface area contributed by atoms with Gasteiger partial charge in [0, 0.05) is 12.0 Å². The monoisotopic (exact) mass is 303 g/mol. The number of carbonyl (C=O) groups is 2. The topological polar surface area (TPSA) is 84.9 Å². The molecule has 0 saturated carbocycles. The molecule has 0 unspecified atom stereocenters. The van der Waals surface area contributed by atoms with Gasteiger partial charge in [-0.15, -0.1) is 0 Å². The van der Waals surface area contributed by atoms with Crippen LogP contribution in [0.2, 0.25) is 0 Å². The van der Waals surface area contributed by atoms with Crippen molar-refractivity contribution < 1.29 is 24.2 Å². The molecule has 21 heavy (non-hydrogen) atoms. The van der Waals surface area contributed by atoms with E-state index in [-0.39, 0.29) is 11.8 Å². The van der Waals surface area contributed by atoms with Gasteiger partial charge in [-0.2, -0.15) is 0 Å². The van der Waals surface area contributed by atoms with Crippen LogP contribution >= 0.6 is 0 Å². The molecule has 124 valence electrons. The first-order valence-electron chi connectivity index (χ1n) is 7.05. The highest BCUT2D eigenvalue weighted by atomic mass is 16.6. The van der Waals surface area contributed by atoms with Crippen molar-refractivity contribution >= 4 is 12.1 Å². The van der Waals surface area contributed by atoms with E-state index < -0.39 is 23.3 Å². The highest BCUT2D eigenvalue weighted by molar-refractivity contribution is 5.68. The van der Waals surface area contributed by atoms with E-state index >= 15 is 0 Å². The van der Waals surface area contributed by atoms with Crippen LogP contribution in [0.15, 0.2) is 0 Å². The van der Waals surface area contributed by atoms with Crippen molar-refractivity contribution in [3.8, 4) is 0 Å². The molecule has 0 aliphatic rings. The van der Waals surface area contributed by atoms with Gasteiger partial charge in [0.15, 0.2) is 0 Å². The second-order valence-corrected chi connectivity index (χ2v) is 7.64. The predicted molar refractivity (Wildman–Crippen MR) is 80.3 cm³/mol. The number of carboxylic acid groups (broad SMARTS) is 1. The molecular formula is C15H29NO5. The van der Waals surface area contributed by atoms with E-state index in [9.17, 15) is 9.59 Å². The van der Waals surface area contributed by atoms with Crippen LogP contribution in [0.3, 0.4) is 0 Å². The number of carboxylic acids is 1. The number of carbonyl (C=O) groups excluding carboxylic acids is 1. The zero-order chi connectivity index (χ0) is 16.9. The molecule has 6 nitrogen and oxygen atoms in total. The normalized spacial score (nSPS) is 12.9. The van der Waals surface area contributed by atoms with Crippen LogP contribution in [0.1, 0.15) is 54.9 Å². The zero-order valence-corrected chi connectivity index (χ0v) is 14.2. The third kappa shape index (κ3) is 11.1. The van der Waals surface area contributed by atoms with Gasteiger partial charge in [-0.3, -0.25) is 4.79 Å². The summed E-state index contributed by atoms with van der Waals surface area (Å²) in [5.74, 6) is -0.898. The third-order valence-corrected chi connectivity index (χ3v) is 2.54. The zero-order valence-electron chi connectivity index (χ0n) is 14.2. The molecule has 0 radical (unpaired) electrons. The molecule has 0 spiro atoms. The van der Waals surface area contributed by atoms with E-state index in [0.717, 1.165) is 0 Å². The summed E-state index contributed by atoms with van der Waals surface area (Å²) in [7, 11) is 0. The molecular weight excluding hydrogens is 274 g/mol.